The lowest BCUT2D eigenvalue weighted by Gasteiger charge is -2.25. The number of hydrogen-bond donors (Lipinski definition) is 2. The predicted octanol–water partition coefficient (Wildman–Crippen LogP) is 0.999. The van der Waals surface area contributed by atoms with Crippen molar-refractivity contribution < 1.29 is 13.6 Å². The summed E-state index contributed by atoms with van der Waals surface area (Å²) in [5, 5.41) is 2.24. The van der Waals surface area contributed by atoms with E-state index in [9.17, 15) is 13.6 Å². The highest BCUT2D eigenvalue weighted by Gasteiger charge is 2.30. The van der Waals surface area contributed by atoms with Gasteiger partial charge in [-0.15, -0.1) is 0 Å². The van der Waals surface area contributed by atoms with Gasteiger partial charge in [0.1, 0.15) is 6.04 Å². The molecule has 1 rings (SSSR count). The quantitative estimate of drug-likeness (QED) is 0.811. The topological polar surface area (TPSA) is 58.4 Å². The van der Waals surface area contributed by atoms with E-state index >= 15 is 0 Å². The minimum absolute atomic E-state index is 0.468. The number of amides is 1. The van der Waals surface area contributed by atoms with Crippen LogP contribution in [0.2, 0.25) is 0 Å². The second kappa shape index (κ2) is 6.58. The van der Waals surface area contributed by atoms with Gasteiger partial charge in [-0.05, 0) is 19.7 Å². The molecule has 1 unspecified atom stereocenters. The van der Waals surface area contributed by atoms with Crippen LogP contribution in [0.15, 0.2) is 30.3 Å². The van der Waals surface area contributed by atoms with E-state index in [-0.39, 0.29) is 0 Å². The summed E-state index contributed by atoms with van der Waals surface area (Å²) >= 11 is 0. The summed E-state index contributed by atoms with van der Waals surface area (Å²) < 4.78 is 26.1. The van der Waals surface area contributed by atoms with Gasteiger partial charge in [-0.2, -0.15) is 0 Å². The average Bonchev–Trinajstić information content (AvgIpc) is 2.37. The molecule has 106 valence electrons. The normalized spacial score (nSPS) is 13.4. The molecule has 19 heavy (non-hydrogen) atoms. The summed E-state index contributed by atoms with van der Waals surface area (Å²) in [7, 11) is 3.44. The third kappa shape index (κ3) is 4.57. The van der Waals surface area contributed by atoms with E-state index < -0.39 is 31.0 Å². The van der Waals surface area contributed by atoms with E-state index in [0.29, 0.717) is 0 Å². The van der Waals surface area contributed by atoms with E-state index in [2.05, 4.69) is 5.32 Å². The molecule has 6 heteroatoms. The first-order chi connectivity index (χ1) is 8.87. The van der Waals surface area contributed by atoms with Crippen molar-refractivity contribution in [3.8, 4) is 0 Å². The lowest BCUT2D eigenvalue weighted by Crippen LogP contribution is -2.45. The Morgan fingerprint density at radius 2 is 1.95 bits per heavy atom. The Balaban J connectivity index is 2.76. The van der Waals surface area contributed by atoms with Gasteiger partial charge in [0, 0.05) is 0 Å². The number of alkyl halides is 2. The maximum Gasteiger partial charge on any atom is 0.277 e. The van der Waals surface area contributed by atoms with Gasteiger partial charge in [0.25, 0.3) is 5.92 Å². The van der Waals surface area contributed by atoms with E-state index in [4.69, 9.17) is 5.73 Å². The smallest absolute Gasteiger partial charge is 0.277 e. The van der Waals surface area contributed by atoms with Gasteiger partial charge in [0.2, 0.25) is 5.91 Å². The van der Waals surface area contributed by atoms with Gasteiger partial charge in [0.05, 0.1) is 13.1 Å². The molecule has 1 atom stereocenters. The standard InChI is InChI=1S/C13H19F2N3O/c1-18(2)11(10-6-4-3-5-7-10)12(19)17-9-13(14,15)8-16/h3-7,11H,8-9,16H2,1-2H3,(H,17,19). The zero-order valence-electron chi connectivity index (χ0n) is 11.1. The highest BCUT2D eigenvalue weighted by molar-refractivity contribution is 5.83. The largest absolute Gasteiger partial charge is 0.348 e. The molecule has 0 aliphatic rings. The van der Waals surface area contributed by atoms with Crippen molar-refractivity contribution in [2.75, 3.05) is 27.2 Å². The summed E-state index contributed by atoms with van der Waals surface area (Å²) in [6.07, 6.45) is 0. The predicted molar refractivity (Wildman–Crippen MR) is 69.9 cm³/mol. The molecule has 0 aromatic heterocycles. The summed E-state index contributed by atoms with van der Waals surface area (Å²) in [6.45, 7) is -1.54. The molecule has 0 saturated heterocycles. The molecule has 0 fully saturated rings. The molecule has 1 amide bonds. The van der Waals surface area contributed by atoms with E-state index in [1.165, 1.54) is 0 Å². The van der Waals surface area contributed by atoms with Crippen molar-refractivity contribution in [2.24, 2.45) is 5.73 Å². The Morgan fingerprint density at radius 3 is 2.42 bits per heavy atom. The summed E-state index contributed by atoms with van der Waals surface area (Å²) in [5.74, 6) is -3.55. The van der Waals surface area contributed by atoms with Crippen molar-refractivity contribution in [3.63, 3.8) is 0 Å². The number of nitrogens with zero attached hydrogens (tertiary/aromatic N) is 1. The van der Waals surface area contributed by atoms with Crippen LogP contribution < -0.4 is 11.1 Å². The van der Waals surface area contributed by atoms with Crippen molar-refractivity contribution in [1.29, 1.82) is 0 Å². The molecule has 0 aliphatic heterocycles. The fourth-order valence-corrected chi connectivity index (χ4v) is 1.70. The van der Waals surface area contributed by atoms with Gasteiger partial charge in [0.15, 0.2) is 0 Å². The monoisotopic (exact) mass is 271 g/mol. The zero-order chi connectivity index (χ0) is 14.5. The highest BCUT2D eigenvalue weighted by atomic mass is 19.3. The molecule has 4 nitrogen and oxygen atoms in total. The Kier molecular flexibility index (Phi) is 5.38. The molecule has 3 N–H and O–H groups in total. The molecule has 0 heterocycles. The lowest BCUT2D eigenvalue weighted by atomic mass is 10.1. The number of carbonyl (C=O) groups is 1. The number of nitrogens with two attached hydrogens (primary N) is 1. The van der Waals surface area contributed by atoms with Crippen LogP contribution in [-0.4, -0.2) is 43.9 Å². The van der Waals surface area contributed by atoms with Crippen LogP contribution in [0.1, 0.15) is 11.6 Å². The van der Waals surface area contributed by atoms with Gasteiger partial charge < -0.3 is 11.1 Å². The fraction of sp³-hybridized carbons (Fsp3) is 0.462. The molecule has 0 aliphatic carbocycles. The molecule has 1 aromatic carbocycles. The number of nitrogens with one attached hydrogen (secondary N) is 1. The van der Waals surface area contributed by atoms with E-state index in [1.54, 1.807) is 43.3 Å². The maximum atomic E-state index is 13.0. The Morgan fingerprint density at radius 1 is 1.37 bits per heavy atom. The molecule has 0 radical (unpaired) electrons. The van der Waals surface area contributed by atoms with Gasteiger partial charge in [-0.1, -0.05) is 30.3 Å². The van der Waals surface area contributed by atoms with Crippen LogP contribution in [-0.2, 0) is 4.79 Å². The van der Waals surface area contributed by atoms with Crippen LogP contribution in [0.4, 0.5) is 8.78 Å². The fourth-order valence-electron chi connectivity index (χ4n) is 1.70. The van der Waals surface area contributed by atoms with E-state index in [1.807, 2.05) is 6.07 Å². The number of hydrogen-bond acceptors (Lipinski definition) is 3. The molecule has 0 saturated carbocycles. The second-order valence-electron chi connectivity index (χ2n) is 4.55. The number of rotatable bonds is 6. The Hall–Kier alpha value is -1.53. The summed E-state index contributed by atoms with van der Waals surface area (Å²) in [4.78, 5) is 13.7. The number of benzene rings is 1. The minimum Gasteiger partial charge on any atom is -0.348 e. The molecule has 0 bridgehead atoms. The average molecular weight is 271 g/mol. The summed E-state index contributed by atoms with van der Waals surface area (Å²) in [6, 6.07) is 8.39. The van der Waals surface area contributed by atoms with Crippen molar-refractivity contribution >= 4 is 5.91 Å². The molecular weight excluding hydrogens is 252 g/mol. The van der Waals surface area contributed by atoms with Crippen molar-refractivity contribution in [1.82, 2.24) is 10.2 Å². The highest BCUT2D eigenvalue weighted by Crippen LogP contribution is 2.18. The Labute approximate surface area is 111 Å². The van der Waals surface area contributed by atoms with Crippen LogP contribution in [0.25, 0.3) is 0 Å². The van der Waals surface area contributed by atoms with Gasteiger partial charge in [-0.25, -0.2) is 8.78 Å². The number of carbonyl (C=O) groups excluding carboxylic acids is 1. The third-order valence-corrected chi connectivity index (χ3v) is 2.70. The third-order valence-electron chi connectivity index (χ3n) is 2.70. The first kappa shape index (κ1) is 15.5. The van der Waals surface area contributed by atoms with Gasteiger partial charge >= 0.3 is 0 Å². The van der Waals surface area contributed by atoms with Crippen molar-refractivity contribution in [3.05, 3.63) is 35.9 Å². The lowest BCUT2D eigenvalue weighted by molar-refractivity contribution is -0.127. The van der Waals surface area contributed by atoms with Gasteiger partial charge in [-0.3, -0.25) is 9.69 Å². The van der Waals surface area contributed by atoms with E-state index in [0.717, 1.165) is 5.56 Å². The second-order valence-corrected chi connectivity index (χ2v) is 4.55. The number of likely N-dealkylation sites (N-methyl/N-ethyl adjacent to an activating group) is 1. The number of halogens is 2. The minimum atomic E-state index is -3.08. The SMILES string of the molecule is CN(C)C(C(=O)NCC(F)(F)CN)c1ccccc1. The molecule has 1 aromatic rings. The first-order valence-corrected chi connectivity index (χ1v) is 5.94. The Bertz CT molecular complexity index is 410. The molecular formula is C13H19F2N3O. The van der Waals surface area contributed by atoms with Crippen LogP contribution in [0.3, 0.4) is 0 Å². The summed E-state index contributed by atoms with van der Waals surface area (Å²) in [5.41, 5.74) is 5.68. The first-order valence-electron chi connectivity index (χ1n) is 5.94. The van der Waals surface area contributed by atoms with Crippen LogP contribution in [0.5, 0.6) is 0 Å². The maximum absolute atomic E-state index is 13.0. The zero-order valence-corrected chi connectivity index (χ0v) is 11.1. The van der Waals surface area contributed by atoms with Crippen LogP contribution >= 0.6 is 0 Å². The van der Waals surface area contributed by atoms with Crippen LogP contribution in [0, 0.1) is 0 Å². The van der Waals surface area contributed by atoms with Crippen molar-refractivity contribution in [2.45, 2.75) is 12.0 Å². The molecule has 0 spiro atoms.